The zero-order chi connectivity index (χ0) is 34.0. The Balaban J connectivity index is 1.61. The van der Waals surface area contributed by atoms with Crippen molar-refractivity contribution in [3.63, 3.8) is 0 Å². The standard InChI is InChI=1S/C28H26ClF7N3O6P/c1-16(40)20-12-38(13-24(41)39-9-3-6-22(39)26(42)37-11-17-4-2-5-21(29)25(17)30)23-10-18(7-8-19(20)23)46(43,44-14-27(31,32)33)45-15-28(34,35)36/h2,4-5,7-8,10,12,22H,3,6,9,11,13-15H2,1H3,(H,37,42)/t22-/m0/s1. The van der Waals surface area contributed by atoms with E-state index in [1.165, 1.54) is 40.8 Å². The maximum Gasteiger partial charge on any atom is 0.412 e. The van der Waals surface area contributed by atoms with Gasteiger partial charge in [0, 0.05) is 35.8 Å². The molecule has 9 nitrogen and oxygen atoms in total. The van der Waals surface area contributed by atoms with E-state index in [0.29, 0.717) is 6.42 Å². The molecular formula is C28H26ClF7N3O6P. The Morgan fingerprint density at radius 1 is 1.04 bits per heavy atom. The van der Waals surface area contributed by atoms with Gasteiger partial charge in [0.05, 0.1) is 15.8 Å². The van der Waals surface area contributed by atoms with Crippen LogP contribution in [0.1, 0.15) is 35.7 Å². The van der Waals surface area contributed by atoms with Crippen LogP contribution >= 0.6 is 19.2 Å². The fraction of sp³-hybridized carbons (Fsp3) is 0.393. The third-order valence-electron chi connectivity index (χ3n) is 7.02. The van der Waals surface area contributed by atoms with Crippen LogP contribution in [0.5, 0.6) is 0 Å². The predicted molar refractivity (Wildman–Crippen MR) is 151 cm³/mol. The van der Waals surface area contributed by atoms with E-state index in [0.717, 1.165) is 18.2 Å². The summed E-state index contributed by atoms with van der Waals surface area (Å²) in [5.74, 6) is -2.38. The van der Waals surface area contributed by atoms with Gasteiger partial charge in [0.25, 0.3) is 0 Å². The van der Waals surface area contributed by atoms with Gasteiger partial charge in [-0.3, -0.25) is 28.0 Å². The molecule has 3 aromatic rings. The number of benzene rings is 2. The smallest absolute Gasteiger partial charge is 0.350 e. The van der Waals surface area contributed by atoms with Crippen molar-refractivity contribution in [3.05, 3.63) is 64.6 Å². The van der Waals surface area contributed by atoms with E-state index in [2.05, 4.69) is 14.4 Å². The number of hydrogen-bond donors (Lipinski definition) is 1. The molecule has 18 heteroatoms. The highest BCUT2D eigenvalue weighted by Crippen LogP contribution is 2.49. The fourth-order valence-corrected chi connectivity index (χ4v) is 6.66. The molecule has 1 aliphatic heterocycles. The third-order valence-corrected chi connectivity index (χ3v) is 9.16. The maximum atomic E-state index is 14.2. The molecule has 0 saturated carbocycles. The van der Waals surface area contributed by atoms with Crippen LogP contribution in [0.3, 0.4) is 0 Å². The number of ketones is 1. The van der Waals surface area contributed by atoms with Crippen molar-refractivity contribution in [2.45, 2.75) is 51.2 Å². The molecule has 0 bridgehead atoms. The first kappa shape index (κ1) is 35.4. The molecule has 1 fully saturated rings. The van der Waals surface area contributed by atoms with Crippen LogP contribution in [-0.2, 0) is 36.3 Å². The van der Waals surface area contributed by atoms with Gasteiger partial charge in [-0.05, 0) is 38.0 Å². The number of amides is 2. The van der Waals surface area contributed by atoms with Gasteiger partial charge in [0.15, 0.2) is 19.0 Å². The fourth-order valence-electron chi connectivity index (χ4n) is 4.92. The van der Waals surface area contributed by atoms with Crippen LogP contribution in [0.15, 0.2) is 42.6 Å². The second kappa shape index (κ2) is 13.7. The molecule has 0 unspecified atom stereocenters. The van der Waals surface area contributed by atoms with E-state index in [9.17, 15) is 49.7 Å². The van der Waals surface area contributed by atoms with Gasteiger partial charge < -0.3 is 14.8 Å². The van der Waals surface area contributed by atoms with Crippen molar-refractivity contribution in [2.75, 3.05) is 19.8 Å². The van der Waals surface area contributed by atoms with Gasteiger partial charge in [-0.2, -0.15) is 26.3 Å². The average Bonchev–Trinajstić information content (AvgIpc) is 3.60. The first-order valence-corrected chi connectivity index (χ1v) is 15.5. The molecule has 46 heavy (non-hydrogen) atoms. The number of rotatable bonds is 11. The molecule has 4 rings (SSSR count). The van der Waals surface area contributed by atoms with Crippen molar-refractivity contribution < 1.29 is 58.7 Å². The quantitative estimate of drug-likeness (QED) is 0.151. The van der Waals surface area contributed by atoms with Gasteiger partial charge >= 0.3 is 19.9 Å². The third kappa shape index (κ3) is 8.46. The molecule has 0 aliphatic carbocycles. The van der Waals surface area contributed by atoms with E-state index < -0.39 is 74.5 Å². The van der Waals surface area contributed by atoms with Crippen LogP contribution in [0.25, 0.3) is 10.9 Å². The molecule has 2 heterocycles. The summed E-state index contributed by atoms with van der Waals surface area (Å²) in [6, 6.07) is 6.32. The normalized spacial score (nSPS) is 15.8. The van der Waals surface area contributed by atoms with Gasteiger partial charge in [0.2, 0.25) is 11.8 Å². The average molecular weight is 700 g/mol. The van der Waals surface area contributed by atoms with Crippen molar-refractivity contribution in [1.29, 1.82) is 0 Å². The van der Waals surface area contributed by atoms with Crippen molar-refractivity contribution in [2.24, 2.45) is 0 Å². The predicted octanol–water partition coefficient (Wildman–Crippen LogP) is 5.92. The SMILES string of the molecule is CC(=O)c1cn(CC(=O)N2CCC[C@H]2C(=O)NCc2cccc(Cl)c2F)c2cc(P(=O)(OCC(F)(F)F)OCC(F)(F)F)ccc12. The number of halogens is 8. The second-order valence-corrected chi connectivity index (χ2v) is 12.8. The molecule has 1 atom stereocenters. The molecule has 250 valence electrons. The summed E-state index contributed by atoms with van der Waals surface area (Å²) in [6.45, 7) is -3.72. The lowest BCUT2D eigenvalue weighted by Crippen LogP contribution is -2.46. The lowest BCUT2D eigenvalue weighted by Gasteiger charge is -2.24. The molecule has 1 saturated heterocycles. The lowest BCUT2D eigenvalue weighted by molar-refractivity contribution is -0.164. The minimum absolute atomic E-state index is 0.0425. The van der Waals surface area contributed by atoms with E-state index in [1.54, 1.807) is 0 Å². The molecule has 0 spiro atoms. The van der Waals surface area contributed by atoms with Crippen molar-refractivity contribution >= 4 is 53.0 Å². The minimum Gasteiger partial charge on any atom is -0.350 e. The maximum absolute atomic E-state index is 14.2. The summed E-state index contributed by atoms with van der Waals surface area (Å²) >= 11 is 5.78. The molecule has 2 amide bonds. The number of nitrogens with one attached hydrogen (secondary N) is 1. The van der Waals surface area contributed by atoms with E-state index in [-0.39, 0.29) is 46.6 Å². The lowest BCUT2D eigenvalue weighted by atomic mass is 10.1. The highest BCUT2D eigenvalue weighted by molar-refractivity contribution is 7.62. The second-order valence-electron chi connectivity index (χ2n) is 10.4. The van der Waals surface area contributed by atoms with Crippen LogP contribution in [0.2, 0.25) is 5.02 Å². The monoisotopic (exact) mass is 699 g/mol. The minimum atomic E-state index is -5.24. The van der Waals surface area contributed by atoms with E-state index >= 15 is 0 Å². The Labute approximate surface area is 262 Å². The van der Waals surface area contributed by atoms with Crippen LogP contribution in [0.4, 0.5) is 30.7 Å². The van der Waals surface area contributed by atoms with Crippen LogP contribution in [0, 0.1) is 5.82 Å². The van der Waals surface area contributed by atoms with E-state index in [1.807, 2.05) is 0 Å². The Kier molecular flexibility index (Phi) is 10.6. The zero-order valence-electron chi connectivity index (χ0n) is 23.9. The summed E-state index contributed by atoms with van der Waals surface area (Å²) in [5.41, 5.74) is 0.133. The topological polar surface area (TPSA) is 107 Å². The number of nitrogens with zero attached hydrogens (tertiary/aromatic N) is 2. The number of alkyl halides is 6. The Morgan fingerprint density at radius 3 is 2.30 bits per heavy atom. The summed E-state index contributed by atoms with van der Waals surface area (Å²) in [5, 5.41) is 1.92. The van der Waals surface area contributed by atoms with Gasteiger partial charge in [-0.1, -0.05) is 29.8 Å². The largest absolute Gasteiger partial charge is 0.412 e. The number of Topliss-reactive ketones (excluding diaryl/α,β-unsaturated/α-hetero) is 1. The van der Waals surface area contributed by atoms with Crippen molar-refractivity contribution in [3.8, 4) is 0 Å². The Morgan fingerprint density at radius 2 is 1.70 bits per heavy atom. The number of carbonyl (C=O) groups excluding carboxylic acids is 3. The number of fused-ring (bicyclic) bond motifs is 1. The summed E-state index contributed by atoms with van der Waals surface area (Å²) < 4.78 is 115. The first-order chi connectivity index (χ1) is 21.4. The molecule has 2 aromatic carbocycles. The summed E-state index contributed by atoms with van der Waals surface area (Å²) in [7, 11) is -5.24. The Hall–Kier alpha value is -3.46. The highest BCUT2D eigenvalue weighted by Gasteiger charge is 2.40. The van der Waals surface area contributed by atoms with Crippen LogP contribution in [-0.4, -0.2) is 65.2 Å². The van der Waals surface area contributed by atoms with E-state index in [4.69, 9.17) is 11.6 Å². The Bertz CT molecular complexity index is 1670. The first-order valence-electron chi connectivity index (χ1n) is 13.6. The number of likely N-dealkylation sites (tertiary alicyclic amines) is 1. The molecular weight excluding hydrogens is 674 g/mol. The molecule has 1 N–H and O–H groups in total. The summed E-state index contributed by atoms with van der Waals surface area (Å²) in [6.07, 6.45) is -8.14. The summed E-state index contributed by atoms with van der Waals surface area (Å²) in [4.78, 5) is 40.0. The molecule has 0 radical (unpaired) electrons. The highest BCUT2D eigenvalue weighted by atomic mass is 35.5. The van der Waals surface area contributed by atoms with Gasteiger partial charge in [-0.15, -0.1) is 0 Å². The number of aromatic nitrogens is 1. The molecule has 1 aromatic heterocycles. The van der Waals surface area contributed by atoms with Gasteiger partial charge in [0.1, 0.15) is 18.4 Å². The zero-order valence-corrected chi connectivity index (χ0v) is 25.5. The molecule has 1 aliphatic rings. The number of carbonyl (C=O) groups is 3. The van der Waals surface area contributed by atoms with Crippen LogP contribution < -0.4 is 10.6 Å². The number of hydrogen-bond acceptors (Lipinski definition) is 6. The van der Waals surface area contributed by atoms with Gasteiger partial charge in [-0.25, -0.2) is 4.39 Å². The van der Waals surface area contributed by atoms with Crippen molar-refractivity contribution in [1.82, 2.24) is 14.8 Å².